The lowest BCUT2D eigenvalue weighted by atomic mass is 10.2. The SMILES string of the molecule is CCCN(CC(=O)OCC)C(=O)Cn1c(C)cc2ccccc21. The number of aryl methyl sites for hydroxylation is 1. The summed E-state index contributed by atoms with van der Waals surface area (Å²) in [6, 6.07) is 10.1. The Kier molecular flexibility index (Phi) is 5.79. The third-order valence-electron chi connectivity index (χ3n) is 3.78. The van der Waals surface area contributed by atoms with E-state index < -0.39 is 0 Å². The third kappa shape index (κ3) is 4.12. The van der Waals surface area contributed by atoms with Crippen LogP contribution in [0.2, 0.25) is 0 Å². The van der Waals surface area contributed by atoms with E-state index in [9.17, 15) is 9.59 Å². The molecule has 124 valence electrons. The van der Waals surface area contributed by atoms with Gasteiger partial charge in [0.25, 0.3) is 0 Å². The van der Waals surface area contributed by atoms with Crippen LogP contribution < -0.4 is 0 Å². The maximum Gasteiger partial charge on any atom is 0.325 e. The van der Waals surface area contributed by atoms with Crippen LogP contribution in [-0.4, -0.2) is 41.0 Å². The summed E-state index contributed by atoms with van der Waals surface area (Å²) in [5, 5.41) is 1.12. The normalized spacial score (nSPS) is 10.7. The fourth-order valence-electron chi connectivity index (χ4n) is 2.72. The summed E-state index contributed by atoms with van der Waals surface area (Å²) in [6.45, 7) is 6.87. The largest absolute Gasteiger partial charge is 0.465 e. The maximum absolute atomic E-state index is 12.6. The van der Waals surface area contributed by atoms with Gasteiger partial charge in [0.15, 0.2) is 0 Å². The highest BCUT2D eigenvalue weighted by molar-refractivity contribution is 5.86. The molecule has 0 fully saturated rings. The van der Waals surface area contributed by atoms with E-state index in [0.29, 0.717) is 13.2 Å². The molecule has 0 bridgehead atoms. The molecular formula is C18H24N2O3. The molecule has 2 aromatic rings. The number of ether oxygens (including phenoxy) is 1. The molecule has 2 rings (SSSR count). The molecule has 0 aliphatic carbocycles. The molecule has 1 aromatic heterocycles. The molecule has 1 amide bonds. The minimum atomic E-state index is -0.358. The lowest BCUT2D eigenvalue weighted by Crippen LogP contribution is -2.39. The van der Waals surface area contributed by atoms with Crippen molar-refractivity contribution in [1.29, 1.82) is 0 Å². The Hall–Kier alpha value is -2.30. The highest BCUT2D eigenvalue weighted by Gasteiger charge is 2.19. The van der Waals surface area contributed by atoms with Crippen molar-refractivity contribution in [3.63, 3.8) is 0 Å². The topological polar surface area (TPSA) is 51.5 Å². The van der Waals surface area contributed by atoms with Crippen molar-refractivity contribution in [2.24, 2.45) is 0 Å². The number of esters is 1. The van der Waals surface area contributed by atoms with Crippen LogP contribution in [0.3, 0.4) is 0 Å². The van der Waals surface area contributed by atoms with E-state index >= 15 is 0 Å². The van der Waals surface area contributed by atoms with E-state index in [0.717, 1.165) is 23.0 Å². The fraction of sp³-hybridized carbons (Fsp3) is 0.444. The highest BCUT2D eigenvalue weighted by Crippen LogP contribution is 2.19. The van der Waals surface area contributed by atoms with Gasteiger partial charge in [-0.1, -0.05) is 25.1 Å². The first-order valence-electron chi connectivity index (χ1n) is 8.05. The van der Waals surface area contributed by atoms with Crippen LogP contribution >= 0.6 is 0 Å². The van der Waals surface area contributed by atoms with Gasteiger partial charge in [-0.15, -0.1) is 0 Å². The molecule has 0 spiro atoms. The Labute approximate surface area is 136 Å². The number of carbonyl (C=O) groups is 2. The Bertz CT molecular complexity index is 691. The Morgan fingerprint density at radius 1 is 1.22 bits per heavy atom. The summed E-state index contributed by atoms with van der Waals surface area (Å²) < 4.78 is 6.95. The molecule has 5 heteroatoms. The van der Waals surface area contributed by atoms with Gasteiger partial charge in [-0.05, 0) is 37.8 Å². The summed E-state index contributed by atoms with van der Waals surface area (Å²) in [4.78, 5) is 25.9. The van der Waals surface area contributed by atoms with E-state index in [1.165, 1.54) is 0 Å². The molecule has 1 heterocycles. The second-order valence-corrected chi connectivity index (χ2v) is 5.55. The first-order valence-corrected chi connectivity index (χ1v) is 8.05. The van der Waals surface area contributed by atoms with Crippen molar-refractivity contribution in [1.82, 2.24) is 9.47 Å². The van der Waals surface area contributed by atoms with Gasteiger partial charge in [0.2, 0.25) is 5.91 Å². The molecule has 5 nitrogen and oxygen atoms in total. The average Bonchev–Trinajstić information content (AvgIpc) is 2.83. The Balaban J connectivity index is 2.16. The predicted molar refractivity (Wildman–Crippen MR) is 90.2 cm³/mol. The van der Waals surface area contributed by atoms with E-state index in [2.05, 4.69) is 6.07 Å². The van der Waals surface area contributed by atoms with Gasteiger partial charge in [0.1, 0.15) is 13.1 Å². The van der Waals surface area contributed by atoms with E-state index in [1.54, 1.807) is 11.8 Å². The number of para-hydroxylation sites is 1. The zero-order valence-electron chi connectivity index (χ0n) is 14.0. The van der Waals surface area contributed by atoms with Gasteiger partial charge in [0.05, 0.1) is 6.61 Å². The summed E-state index contributed by atoms with van der Waals surface area (Å²) in [5.41, 5.74) is 2.07. The number of carbonyl (C=O) groups excluding carboxylic acids is 2. The van der Waals surface area contributed by atoms with Crippen molar-refractivity contribution in [2.45, 2.75) is 33.7 Å². The number of aromatic nitrogens is 1. The molecule has 0 radical (unpaired) electrons. The molecule has 0 saturated heterocycles. The standard InChI is InChI=1S/C18H24N2O3/c1-4-10-19(13-18(22)23-5-2)17(21)12-20-14(3)11-15-8-6-7-9-16(15)20/h6-9,11H,4-5,10,12-13H2,1-3H3. The van der Waals surface area contributed by atoms with Crippen LogP contribution in [0.4, 0.5) is 0 Å². The van der Waals surface area contributed by atoms with Crippen molar-refractivity contribution >= 4 is 22.8 Å². The third-order valence-corrected chi connectivity index (χ3v) is 3.78. The van der Waals surface area contributed by atoms with Crippen LogP contribution in [0.5, 0.6) is 0 Å². The molecular weight excluding hydrogens is 292 g/mol. The smallest absolute Gasteiger partial charge is 0.325 e. The lowest BCUT2D eigenvalue weighted by molar-refractivity contribution is -0.149. The van der Waals surface area contributed by atoms with Crippen LogP contribution in [0.15, 0.2) is 30.3 Å². The zero-order chi connectivity index (χ0) is 16.8. The quantitative estimate of drug-likeness (QED) is 0.738. The van der Waals surface area contributed by atoms with Gasteiger partial charge >= 0.3 is 5.97 Å². The van der Waals surface area contributed by atoms with Gasteiger partial charge in [-0.25, -0.2) is 0 Å². The number of amides is 1. The van der Waals surface area contributed by atoms with E-state index in [1.807, 2.05) is 42.7 Å². The van der Waals surface area contributed by atoms with Crippen molar-refractivity contribution in [3.05, 3.63) is 36.0 Å². The molecule has 0 unspecified atom stereocenters. The van der Waals surface area contributed by atoms with Gasteiger partial charge in [0, 0.05) is 17.8 Å². The van der Waals surface area contributed by atoms with Gasteiger partial charge in [-0.2, -0.15) is 0 Å². The second-order valence-electron chi connectivity index (χ2n) is 5.55. The van der Waals surface area contributed by atoms with Crippen LogP contribution in [0.25, 0.3) is 10.9 Å². The number of nitrogens with zero attached hydrogens (tertiary/aromatic N) is 2. The molecule has 0 aliphatic heterocycles. The Morgan fingerprint density at radius 2 is 1.96 bits per heavy atom. The first kappa shape index (κ1) is 17.1. The van der Waals surface area contributed by atoms with Crippen LogP contribution in [0.1, 0.15) is 26.0 Å². The number of hydrogen-bond acceptors (Lipinski definition) is 3. The lowest BCUT2D eigenvalue weighted by Gasteiger charge is -2.22. The second kappa shape index (κ2) is 7.81. The molecule has 1 aromatic carbocycles. The molecule has 23 heavy (non-hydrogen) atoms. The summed E-state index contributed by atoms with van der Waals surface area (Å²) >= 11 is 0. The number of benzene rings is 1. The predicted octanol–water partition coefficient (Wildman–Crippen LogP) is 2.75. The molecule has 0 N–H and O–H groups in total. The van der Waals surface area contributed by atoms with Crippen molar-refractivity contribution in [2.75, 3.05) is 19.7 Å². The maximum atomic E-state index is 12.6. The zero-order valence-corrected chi connectivity index (χ0v) is 14.0. The van der Waals surface area contributed by atoms with Gasteiger partial charge in [-0.3, -0.25) is 9.59 Å². The Morgan fingerprint density at radius 3 is 2.65 bits per heavy atom. The number of hydrogen-bond donors (Lipinski definition) is 0. The van der Waals surface area contributed by atoms with Crippen LogP contribution in [-0.2, 0) is 20.9 Å². The van der Waals surface area contributed by atoms with Crippen molar-refractivity contribution < 1.29 is 14.3 Å². The average molecular weight is 316 g/mol. The minimum absolute atomic E-state index is 0.0127. The van der Waals surface area contributed by atoms with E-state index in [-0.39, 0.29) is 25.0 Å². The number of rotatable bonds is 7. The highest BCUT2D eigenvalue weighted by atomic mass is 16.5. The molecule has 0 aliphatic rings. The van der Waals surface area contributed by atoms with E-state index in [4.69, 9.17) is 4.74 Å². The fourth-order valence-corrected chi connectivity index (χ4v) is 2.72. The summed E-state index contributed by atoms with van der Waals surface area (Å²) in [6.07, 6.45) is 0.802. The van der Waals surface area contributed by atoms with Crippen molar-refractivity contribution in [3.8, 4) is 0 Å². The first-order chi connectivity index (χ1) is 11.1. The summed E-state index contributed by atoms with van der Waals surface area (Å²) in [7, 11) is 0. The molecule has 0 saturated carbocycles. The van der Waals surface area contributed by atoms with Crippen LogP contribution in [0, 0.1) is 6.92 Å². The number of fused-ring (bicyclic) bond motifs is 1. The minimum Gasteiger partial charge on any atom is -0.465 e. The molecule has 0 atom stereocenters. The summed E-state index contributed by atoms with van der Waals surface area (Å²) in [5.74, 6) is -0.423. The monoisotopic (exact) mass is 316 g/mol. The van der Waals surface area contributed by atoms with Gasteiger partial charge < -0.3 is 14.2 Å².